The van der Waals surface area contributed by atoms with Gasteiger partial charge in [0.15, 0.2) is 0 Å². The molecule has 3 heterocycles. The molecule has 8 rings (SSSR count). The number of benzene rings is 5. The van der Waals surface area contributed by atoms with Gasteiger partial charge in [-0.05, 0) is 64.0 Å². The number of rotatable bonds is 4. The van der Waals surface area contributed by atoms with Crippen molar-refractivity contribution >= 4 is 39.4 Å². The third-order valence-electron chi connectivity index (χ3n) is 8.34. The van der Waals surface area contributed by atoms with E-state index in [0.717, 1.165) is 56.1 Å². The first kappa shape index (κ1) is 30.7. The van der Waals surface area contributed by atoms with Gasteiger partial charge in [0, 0.05) is 50.7 Å². The summed E-state index contributed by atoms with van der Waals surface area (Å²) in [6, 6.07) is 45.7. The van der Waals surface area contributed by atoms with Gasteiger partial charge in [0.25, 0.3) is 0 Å². The molecule has 7 aromatic rings. The maximum Gasteiger partial charge on any atom is 0.146 e. The number of ether oxygens (including phenoxy) is 2. The van der Waals surface area contributed by atoms with Crippen LogP contribution in [0.5, 0.6) is 23.0 Å². The fraction of sp³-hybridized carbons (Fsp3) is 0.122. The molecule has 5 nitrogen and oxygen atoms in total. The van der Waals surface area contributed by atoms with Crippen LogP contribution in [0.15, 0.2) is 121 Å². The van der Waals surface area contributed by atoms with Crippen LogP contribution in [-0.4, -0.2) is 15.8 Å². The van der Waals surface area contributed by atoms with Gasteiger partial charge < -0.3 is 18.6 Å². The summed E-state index contributed by atoms with van der Waals surface area (Å²) in [7, 11) is 0. The number of pyridine rings is 1. The van der Waals surface area contributed by atoms with E-state index < -0.39 is 0 Å². The molecular formula is C41H31N3O2Pt-2. The number of hydrogen-bond acceptors (Lipinski definition) is 3. The Bertz CT molecular complexity index is 2300. The summed E-state index contributed by atoms with van der Waals surface area (Å²) in [6.07, 6.45) is 6.04. The van der Waals surface area contributed by atoms with E-state index in [-0.39, 0.29) is 26.5 Å². The maximum atomic E-state index is 6.45. The SMILES string of the molecule is CC(C)(C)c1ccnc(-n2c3[c-]c(Oc4[c-]c([N+]5=[C-]Cc6ccccc6Oc6ccccc65)ccc4)ccc3c3ccccc32)c1.[Pt]. The third-order valence-corrected chi connectivity index (χ3v) is 8.34. The Labute approximate surface area is 289 Å². The molecule has 1 aliphatic rings. The zero-order valence-electron chi connectivity index (χ0n) is 26.2. The summed E-state index contributed by atoms with van der Waals surface area (Å²) < 4.78 is 17.0. The van der Waals surface area contributed by atoms with Crippen molar-refractivity contribution in [2.75, 3.05) is 0 Å². The van der Waals surface area contributed by atoms with Gasteiger partial charge in [-0.2, -0.15) is 18.2 Å². The van der Waals surface area contributed by atoms with E-state index in [1.54, 1.807) is 0 Å². The molecule has 0 radical (unpaired) electrons. The molecule has 0 saturated heterocycles. The van der Waals surface area contributed by atoms with Gasteiger partial charge in [-0.3, -0.25) is 0 Å². The number of aromatic nitrogens is 2. The van der Waals surface area contributed by atoms with E-state index in [0.29, 0.717) is 17.9 Å². The summed E-state index contributed by atoms with van der Waals surface area (Å²) in [4.78, 5) is 4.79. The van der Waals surface area contributed by atoms with Crippen LogP contribution in [-0.2, 0) is 32.9 Å². The Balaban J connectivity index is 0.00000351. The van der Waals surface area contributed by atoms with Gasteiger partial charge in [0.05, 0.1) is 6.21 Å². The minimum atomic E-state index is -0.00727. The molecule has 0 fully saturated rings. The van der Waals surface area contributed by atoms with E-state index in [1.165, 1.54) is 5.56 Å². The summed E-state index contributed by atoms with van der Waals surface area (Å²) in [5.41, 5.74) is 5.93. The minimum absolute atomic E-state index is 0. The van der Waals surface area contributed by atoms with Gasteiger partial charge in [-0.25, -0.2) is 4.98 Å². The molecule has 0 atom stereocenters. The van der Waals surface area contributed by atoms with Gasteiger partial charge in [-0.1, -0.05) is 74.8 Å². The first-order valence-electron chi connectivity index (χ1n) is 15.4. The minimum Gasteiger partial charge on any atom is -0.510 e. The van der Waals surface area contributed by atoms with Crippen LogP contribution < -0.4 is 14.0 Å². The van der Waals surface area contributed by atoms with Crippen molar-refractivity contribution in [2.24, 2.45) is 0 Å². The molecular weight excluding hydrogens is 762 g/mol. The molecule has 47 heavy (non-hydrogen) atoms. The fourth-order valence-corrected chi connectivity index (χ4v) is 5.98. The molecule has 0 N–H and O–H groups in total. The predicted molar refractivity (Wildman–Crippen MR) is 185 cm³/mol. The smallest absolute Gasteiger partial charge is 0.146 e. The summed E-state index contributed by atoms with van der Waals surface area (Å²) >= 11 is 0. The molecule has 234 valence electrons. The quantitative estimate of drug-likeness (QED) is 0.132. The van der Waals surface area contributed by atoms with Crippen molar-refractivity contribution in [3.8, 4) is 28.8 Å². The van der Waals surface area contributed by atoms with Gasteiger partial charge in [0.1, 0.15) is 23.0 Å². The van der Waals surface area contributed by atoms with Crippen molar-refractivity contribution in [3.05, 3.63) is 145 Å². The van der Waals surface area contributed by atoms with Crippen molar-refractivity contribution in [3.63, 3.8) is 0 Å². The predicted octanol–water partition coefficient (Wildman–Crippen LogP) is 10.00. The molecule has 2 aromatic heterocycles. The van der Waals surface area contributed by atoms with Crippen molar-refractivity contribution in [1.29, 1.82) is 0 Å². The second kappa shape index (κ2) is 12.3. The fourth-order valence-electron chi connectivity index (χ4n) is 5.98. The number of fused-ring (bicyclic) bond motifs is 5. The molecule has 0 aliphatic carbocycles. The number of para-hydroxylation sites is 4. The monoisotopic (exact) mass is 792 g/mol. The Morgan fingerprint density at radius 3 is 2.40 bits per heavy atom. The largest absolute Gasteiger partial charge is 0.510 e. The topological polar surface area (TPSA) is 39.3 Å². The average molecular weight is 793 g/mol. The Morgan fingerprint density at radius 1 is 0.766 bits per heavy atom. The van der Waals surface area contributed by atoms with Crippen molar-refractivity contribution in [2.45, 2.75) is 32.6 Å². The first-order chi connectivity index (χ1) is 22.4. The van der Waals surface area contributed by atoms with Gasteiger partial charge in [0.2, 0.25) is 0 Å². The van der Waals surface area contributed by atoms with Gasteiger partial charge in [-0.15, -0.1) is 29.7 Å². The van der Waals surface area contributed by atoms with Crippen LogP contribution in [0.4, 0.5) is 11.4 Å². The van der Waals surface area contributed by atoms with E-state index >= 15 is 0 Å². The number of nitrogens with zero attached hydrogens (tertiary/aromatic N) is 3. The Morgan fingerprint density at radius 2 is 1.53 bits per heavy atom. The average Bonchev–Trinajstić information content (AvgIpc) is 3.38. The number of hydrogen-bond donors (Lipinski definition) is 0. The van der Waals surface area contributed by atoms with Crippen LogP contribution >= 0.6 is 0 Å². The zero-order valence-corrected chi connectivity index (χ0v) is 28.5. The van der Waals surface area contributed by atoms with Crippen molar-refractivity contribution < 1.29 is 30.5 Å². The molecule has 0 spiro atoms. The molecule has 5 aromatic carbocycles. The van der Waals surface area contributed by atoms with Gasteiger partial charge >= 0.3 is 0 Å². The van der Waals surface area contributed by atoms with E-state index in [9.17, 15) is 0 Å². The Hall–Kier alpha value is -4.99. The summed E-state index contributed by atoms with van der Waals surface area (Å²) in [5, 5.41) is 2.23. The van der Waals surface area contributed by atoms with E-state index in [2.05, 4.69) is 92.2 Å². The standard InChI is InChI=1S/C41H31N3O2.Pt/c1-41(2,3)29-21-23-42-40(25-29)44-35-15-6-5-14-33(35)34-20-19-32(27-37(34)44)45-31-13-10-12-30(26-31)43-24-22-28-11-4-8-17-38(28)46-39-18-9-7-16-36(39)43;/h4-21,23,25H,22H2,1-3H3;/q-2;. The molecule has 6 heteroatoms. The van der Waals surface area contributed by atoms with Crippen LogP contribution in [0.3, 0.4) is 0 Å². The second-order valence-corrected chi connectivity index (χ2v) is 12.4. The molecule has 0 unspecified atom stereocenters. The maximum absolute atomic E-state index is 6.45. The second-order valence-electron chi connectivity index (χ2n) is 12.4. The van der Waals surface area contributed by atoms with Crippen molar-refractivity contribution in [1.82, 2.24) is 14.1 Å². The molecule has 0 bridgehead atoms. The van der Waals surface area contributed by atoms with Crippen LogP contribution in [0, 0.1) is 12.1 Å². The summed E-state index contributed by atoms with van der Waals surface area (Å²) in [5.74, 6) is 3.61. The van der Waals surface area contributed by atoms with E-state index in [1.807, 2.05) is 77.5 Å². The van der Waals surface area contributed by atoms with E-state index in [4.69, 9.17) is 14.5 Å². The third kappa shape index (κ3) is 5.77. The molecule has 1 aliphatic heterocycles. The Kier molecular flexibility index (Phi) is 8.03. The molecule has 0 amide bonds. The first-order valence-corrected chi connectivity index (χ1v) is 15.4. The summed E-state index contributed by atoms with van der Waals surface area (Å²) in [6.45, 7) is 6.65. The molecule has 0 saturated carbocycles. The normalized spacial score (nSPS) is 12.6. The zero-order chi connectivity index (χ0) is 31.3. The van der Waals surface area contributed by atoms with Crippen LogP contribution in [0.1, 0.15) is 31.9 Å². The van der Waals surface area contributed by atoms with Crippen LogP contribution in [0.2, 0.25) is 0 Å². The van der Waals surface area contributed by atoms with Crippen LogP contribution in [0.25, 0.3) is 27.6 Å².